The molecular weight excluding hydrogens is 416 g/mol. The number of nitrogens with two attached hydrogens (primary N) is 1. The number of carbonyl (C=O) groups excluding carboxylic acids is 1. The molecule has 0 spiro atoms. The lowest BCUT2D eigenvalue weighted by atomic mass is 10.1. The molecule has 0 atom stereocenters. The number of rotatable bonds is 8. The van der Waals surface area contributed by atoms with Crippen molar-refractivity contribution in [3.05, 3.63) is 81.7 Å². The maximum absolute atomic E-state index is 12.2. The lowest BCUT2D eigenvalue weighted by Crippen LogP contribution is -2.11. The standard InChI is InChI=1S/C22H20N4O4S/c1-30-22(27)21-20(24)16(13-23)14-25(21)17-10-18(26(28)29)12-19(11-17)31-9-5-8-15-6-3-2-4-7-15/h2-4,6-7,10-12,14H,5,8-9,24H2,1H3. The number of methoxy groups -OCH3 is 1. The molecular formula is C22H20N4O4S. The molecule has 0 amide bonds. The number of ether oxygens (including phenoxy) is 1. The molecule has 158 valence electrons. The Labute approximate surface area is 183 Å². The first kappa shape index (κ1) is 21.9. The van der Waals surface area contributed by atoms with Crippen molar-refractivity contribution in [3.8, 4) is 11.8 Å². The normalized spacial score (nSPS) is 10.5. The molecule has 2 N–H and O–H groups in total. The van der Waals surface area contributed by atoms with Gasteiger partial charge in [0, 0.05) is 23.2 Å². The number of nitriles is 1. The first-order chi connectivity index (χ1) is 14.9. The van der Waals surface area contributed by atoms with E-state index in [4.69, 9.17) is 10.5 Å². The number of thioether (sulfide) groups is 1. The van der Waals surface area contributed by atoms with Gasteiger partial charge in [0.2, 0.25) is 0 Å². The van der Waals surface area contributed by atoms with Crippen molar-refractivity contribution >= 4 is 29.1 Å². The zero-order valence-corrected chi connectivity index (χ0v) is 17.6. The summed E-state index contributed by atoms with van der Waals surface area (Å²) in [4.78, 5) is 23.9. The number of carbonyl (C=O) groups is 1. The van der Waals surface area contributed by atoms with Crippen molar-refractivity contribution in [1.29, 1.82) is 5.26 Å². The highest BCUT2D eigenvalue weighted by molar-refractivity contribution is 7.99. The van der Waals surface area contributed by atoms with Gasteiger partial charge in [0.15, 0.2) is 5.69 Å². The van der Waals surface area contributed by atoms with E-state index in [-0.39, 0.29) is 22.6 Å². The molecule has 31 heavy (non-hydrogen) atoms. The highest BCUT2D eigenvalue weighted by Crippen LogP contribution is 2.31. The third-order valence-electron chi connectivity index (χ3n) is 4.63. The summed E-state index contributed by atoms with van der Waals surface area (Å²) in [5, 5.41) is 20.8. The Morgan fingerprint density at radius 1 is 1.29 bits per heavy atom. The van der Waals surface area contributed by atoms with Gasteiger partial charge < -0.3 is 15.0 Å². The summed E-state index contributed by atoms with van der Waals surface area (Å²) in [6, 6.07) is 16.6. The Kier molecular flexibility index (Phi) is 6.95. The van der Waals surface area contributed by atoms with Crippen LogP contribution in [0.25, 0.3) is 5.69 Å². The van der Waals surface area contributed by atoms with E-state index in [1.54, 1.807) is 6.07 Å². The van der Waals surface area contributed by atoms with E-state index < -0.39 is 10.9 Å². The maximum Gasteiger partial charge on any atom is 0.357 e. The molecule has 0 unspecified atom stereocenters. The van der Waals surface area contributed by atoms with Gasteiger partial charge in [-0.15, -0.1) is 11.8 Å². The van der Waals surface area contributed by atoms with E-state index in [9.17, 15) is 20.2 Å². The number of non-ortho nitro benzene ring substituents is 1. The maximum atomic E-state index is 12.2. The molecule has 2 aromatic carbocycles. The monoisotopic (exact) mass is 436 g/mol. The zero-order chi connectivity index (χ0) is 22.4. The second-order valence-corrected chi connectivity index (χ2v) is 7.83. The number of nitro groups is 1. The summed E-state index contributed by atoms with van der Waals surface area (Å²) in [5.74, 6) is 0.0268. The van der Waals surface area contributed by atoms with Gasteiger partial charge in [0.05, 0.1) is 29.0 Å². The van der Waals surface area contributed by atoms with Crippen LogP contribution < -0.4 is 5.73 Å². The number of benzene rings is 2. The van der Waals surface area contributed by atoms with Crippen LogP contribution >= 0.6 is 11.8 Å². The zero-order valence-electron chi connectivity index (χ0n) is 16.8. The number of hydrogen-bond acceptors (Lipinski definition) is 7. The molecule has 9 heteroatoms. The first-order valence-electron chi connectivity index (χ1n) is 9.40. The van der Waals surface area contributed by atoms with Crippen molar-refractivity contribution in [3.63, 3.8) is 0 Å². The highest BCUT2D eigenvalue weighted by Gasteiger charge is 2.23. The number of nitro benzene ring substituents is 1. The number of hydrogen-bond donors (Lipinski definition) is 1. The van der Waals surface area contributed by atoms with E-state index in [1.807, 2.05) is 24.3 Å². The number of anilines is 1. The fourth-order valence-electron chi connectivity index (χ4n) is 3.13. The van der Waals surface area contributed by atoms with Crippen LogP contribution in [0.15, 0.2) is 59.6 Å². The Bertz CT molecular complexity index is 1150. The van der Waals surface area contributed by atoms with Gasteiger partial charge in [0.1, 0.15) is 6.07 Å². The van der Waals surface area contributed by atoms with Crippen LogP contribution in [0, 0.1) is 21.4 Å². The smallest absolute Gasteiger partial charge is 0.357 e. The van der Waals surface area contributed by atoms with Gasteiger partial charge in [0.25, 0.3) is 5.69 Å². The lowest BCUT2D eigenvalue weighted by Gasteiger charge is -2.10. The molecule has 0 radical (unpaired) electrons. The Balaban J connectivity index is 1.90. The molecule has 8 nitrogen and oxygen atoms in total. The minimum absolute atomic E-state index is 0.0297. The average molecular weight is 436 g/mol. The molecule has 3 rings (SSSR count). The van der Waals surface area contributed by atoms with Crippen LogP contribution in [0.5, 0.6) is 0 Å². The molecule has 0 aliphatic heterocycles. The SMILES string of the molecule is COC(=O)c1c(N)c(C#N)cn1-c1cc(SCCCc2ccccc2)cc([N+](=O)[O-])c1. The van der Waals surface area contributed by atoms with Gasteiger partial charge in [-0.2, -0.15) is 5.26 Å². The summed E-state index contributed by atoms with van der Waals surface area (Å²) in [6.45, 7) is 0. The van der Waals surface area contributed by atoms with Crippen molar-refractivity contribution in [2.24, 2.45) is 0 Å². The minimum Gasteiger partial charge on any atom is -0.464 e. The van der Waals surface area contributed by atoms with Crippen molar-refractivity contribution in [2.75, 3.05) is 18.6 Å². The number of aryl methyl sites for hydroxylation is 1. The molecule has 3 aromatic rings. The number of nitrogen functional groups attached to an aromatic ring is 1. The molecule has 0 bridgehead atoms. The first-order valence-corrected chi connectivity index (χ1v) is 10.4. The largest absolute Gasteiger partial charge is 0.464 e. The second kappa shape index (κ2) is 9.82. The van der Waals surface area contributed by atoms with E-state index in [1.165, 1.54) is 47.3 Å². The number of esters is 1. The van der Waals surface area contributed by atoms with E-state index in [0.29, 0.717) is 10.6 Å². The molecule has 0 aliphatic carbocycles. The van der Waals surface area contributed by atoms with Crippen LogP contribution in [-0.2, 0) is 11.2 Å². The van der Waals surface area contributed by atoms with Gasteiger partial charge in [-0.1, -0.05) is 30.3 Å². The van der Waals surface area contributed by atoms with Gasteiger partial charge in [-0.05, 0) is 30.2 Å². The average Bonchev–Trinajstić information content (AvgIpc) is 3.13. The van der Waals surface area contributed by atoms with Crippen LogP contribution in [0.3, 0.4) is 0 Å². The van der Waals surface area contributed by atoms with Crippen molar-refractivity contribution in [1.82, 2.24) is 4.57 Å². The molecule has 0 saturated heterocycles. The van der Waals surface area contributed by atoms with Crippen LogP contribution in [-0.4, -0.2) is 28.3 Å². The third kappa shape index (κ3) is 5.05. The van der Waals surface area contributed by atoms with Gasteiger partial charge >= 0.3 is 5.97 Å². The summed E-state index contributed by atoms with van der Waals surface area (Å²) in [7, 11) is 1.20. The van der Waals surface area contributed by atoms with Gasteiger partial charge in [-0.3, -0.25) is 10.1 Å². The van der Waals surface area contributed by atoms with E-state index in [0.717, 1.165) is 18.6 Å². The second-order valence-electron chi connectivity index (χ2n) is 6.66. The lowest BCUT2D eigenvalue weighted by molar-refractivity contribution is -0.385. The molecule has 0 saturated carbocycles. The Morgan fingerprint density at radius 3 is 2.68 bits per heavy atom. The molecule has 1 aromatic heterocycles. The van der Waals surface area contributed by atoms with Crippen LogP contribution in [0.4, 0.5) is 11.4 Å². The molecule has 1 heterocycles. The topological polar surface area (TPSA) is 124 Å². The fourth-order valence-corrected chi connectivity index (χ4v) is 4.06. The summed E-state index contributed by atoms with van der Waals surface area (Å²) >= 11 is 1.49. The van der Waals surface area contributed by atoms with Crippen LogP contribution in [0.2, 0.25) is 0 Å². The third-order valence-corrected chi connectivity index (χ3v) is 5.69. The fraction of sp³-hybridized carbons (Fsp3) is 0.182. The summed E-state index contributed by atoms with van der Waals surface area (Å²) in [6.07, 6.45) is 3.18. The van der Waals surface area contributed by atoms with E-state index >= 15 is 0 Å². The van der Waals surface area contributed by atoms with Gasteiger partial charge in [-0.25, -0.2) is 4.79 Å². The number of nitrogens with zero attached hydrogens (tertiary/aromatic N) is 3. The summed E-state index contributed by atoms with van der Waals surface area (Å²) < 4.78 is 6.14. The minimum atomic E-state index is -0.734. The van der Waals surface area contributed by atoms with Crippen molar-refractivity contribution in [2.45, 2.75) is 17.7 Å². The molecule has 0 aliphatic rings. The predicted octanol–water partition coefficient (Wildman–Crippen LogP) is 4.35. The van der Waals surface area contributed by atoms with Crippen LogP contribution in [0.1, 0.15) is 28.0 Å². The van der Waals surface area contributed by atoms with Crippen molar-refractivity contribution < 1.29 is 14.5 Å². The molecule has 0 fully saturated rings. The van der Waals surface area contributed by atoms with E-state index in [2.05, 4.69) is 12.1 Å². The summed E-state index contributed by atoms with van der Waals surface area (Å²) in [5.41, 5.74) is 7.42. The quantitative estimate of drug-likeness (QED) is 0.183. The Hall–Kier alpha value is -3.77. The number of aromatic nitrogens is 1. The highest BCUT2D eigenvalue weighted by atomic mass is 32.2. The predicted molar refractivity (Wildman–Crippen MR) is 118 cm³/mol. The Morgan fingerprint density at radius 2 is 2.03 bits per heavy atom.